The Kier molecular flexibility index (Phi) is 9.79. The zero-order valence-electron chi connectivity index (χ0n) is 27.4. The number of fused-ring (bicyclic) bond motifs is 3. The van der Waals surface area contributed by atoms with Gasteiger partial charge in [-0.25, -0.2) is 23.1 Å². The molecule has 242 valence electrons. The molecule has 8 nitrogen and oxygen atoms in total. The summed E-state index contributed by atoms with van der Waals surface area (Å²) in [5.41, 5.74) is 2.61. The molecule has 0 bridgehead atoms. The maximum atomic E-state index is 12.8. The monoisotopic (exact) mass is 643 g/mol. The van der Waals surface area contributed by atoms with E-state index in [1.807, 2.05) is 6.92 Å². The maximum Gasteiger partial charge on any atom is 0.344 e. The fourth-order valence-corrected chi connectivity index (χ4v) is 8.65. The van der Waals surface area contributed by atoms with Gasteiger partial charge in [-0.05, 0) is 110 Å². The van der Waals surface area contributed by atoms with Gasteiger partial charge in [0.05, 0.1) is 10.5 Å². The Labute approximate surface area is 264 Å². The fraction of sp³-hybridized carbons (Fsp3) is 0.588. The molecule has 0 saturated heterocycles. The highest BCUT2D eigenvalue weighted by Crippen LogP contribution is 2.57. The molecule has 1 fully saturated rings. The smallest absolute Gasteiger partial charge is 0.344 e. The van der Waals surface area contributed by atoms with Gasteiger partial charge in [0.15, 0.2) is 6.61 Å². The van der Waals surface area contributed by atoms with Crippen molar-refractivity contribution in [2.24, 2.45) is 22.4 Å². The van der Waals surface area contributed by atoms with Crippen LogP contribution in [0.25, 0.3) is 0 Å². The number of carbonyl (C=O) groups excluding carboxylic acids is 2. The van der Waals surface area contributed by atoms with E-state index in [0.29, 0.717) is 17.8 Å². The highest BCUT2D eigenvalue weighted by molar-refractivity contribution is 7.89. The molecule has 0 aliphatic heterocycles. The summed E-state index contributed by atoms with van der Waals surface area (Å²) in [5, 5.41) is 5.29. The predicted molar refractivity (Wildman–Crippen MR) is 174 cm³/mol. The van der Waals surface area contributed by atoms with Gasteiger partial charge < -0.3 is 13.9 Å². The summed E-state index contributed by atoms with van der Waals surface area (Å²) in [4.78, 5) is 25.1. The number of hydrogen-bond acceptors (Lipinski definition) is 7. The highest BCUT2D eigenvalue weighted by Gasteiger charge is 2.51. The van der Waals surface area contributed by atoms with Crippen molar-refractivity contribution in [1.29, 1.82) is 0 Å². The van der Waals surface area contributed by atoms with Gasteiger partial charge in [-0.1, -0.05) is 53.2 Å². The molecular formula is C34H49NO7SSi. The molecule has 0 spiro atoms. The van der Waals surface area contributed by atoms with E-state index in [9.17, 15) is 18.0 Å². The lowest BCUT2D eigenvalue weighted by molar-refractivity contribution is -0.165. The quantitative estimate of drug-likeness (QED) is 0.231. The van der Waals surface area contributed by atoms with Gasteiger partial charge in [0.1, 0.15) is 11.9 Å². The summed E-state index contributed by atoms with van der Waals surface area (Å²) in [7, 11) is -5.90. The Morgan fingerprint density at radius 1 is 1.11 bits per heavy atom. The van der Waals surface area contributed by atoms with Gasteiger partial charge in [0.25, 0.3) is 0 Å². The van der Waals surface area contributed by atoms with E-state index in [1.54, 1.807) is 0 Å². The van der Waals surface area contributed by atoms with Crippen LogP contribution in [0.4, 0.5) is 0 Å². The number of rotatable bonds is 9. The van der Waals surface area contributed by atoms with Crippen LogP contribution in [0, 0.1) is 17.3 Å². The molecule has 44 heavy (non-hydrogen) atoms. The van der Waals surface area contributed by atoms with Crippen LogP contribution in [-0.2, 0) is 30.7 Å². The van der Waals surface area contributed by atoms with Crippen LogP contribution >= 0.6 is 0 Å². The second kappa shape index (κ2) is 12.6. The normalized spacial score (nSPS) is 24.4. The Morgan fingerprint density at radius 2 is 1.82 bits per heavy atom. The van der Waals surface area contributed by atoms with Crippen LogP contribution in [0.1, 0.15) is 94.6 Å². The zero-order valence-corrected chi connectivity index (χ0v) is 29.3. The average Bonchev–Trinajstić information content (AvgIpc) is 2.94. The Hall–Kier alpha value is -2.69. The number of sulfonamides is 1. The topological polar surface area (TPSA) is 122 Å². The van der Waals surface area contributed by atoms with Crippen molar-refractivity contribution in [3.8, 4) is 5.75 Å². The van der Waals surface area contributed by atoms with Crippen molar-refractivity contribution >= 4 is 30.3 Å². The molecule has 3 unspecified atom stereocenters. The lowest BCUT2D eigenvalue weighted by Crippen LogP contribution is -2.49. The fourth-order valence-electron chi connectivity index (χ4n) is 7.07. The molecule has 5 atom stereocenters. The van der Waals surface area contributed by atoms with E-state index >= 15 is 0 Å². The third-order valence-electron chi connectivity index (χ3n) is 10.7. The van der Waals surface area contributed by atoms with Gasteiger partial charge in [-0.3, -0.25) is 0 Å². The molecule has 2 aliphatic rings. The first-order valence-electron chi connectivity index (χ1n) is 15.7. The van der Waals surface area contributed by atoms with Gasteiger partial charge >= 0.3 is 11.9 Å². The van der Waals surface area contributed by atoms with Gasteiger partial charge in [-0.15, -0.1) is 0 Å². The average molecular weight is 644 g/mol. The zero-order chi connectivity index (χ0) is 32.7. The molecule has 2 aromatic carbocycles. The van der Waals surface area contributed by atoms with E-state index < -0.39 is 36.9 Å². The minimum atomic E-state index is -3.98. The first-order valence-corrected chi connectivity index (χ1v) is 20.1. The van der Waals surface area contributed by atoms with Crippen molar-refractivity contribution in [2.75, 3.05) is 6.61 Å². The lowest BCUT2D eigenvalue weighted by Gasteiger charge is -2.53. The minimum absolute atomic E-state index is 0.00930. The number of primary sulfonamides is 1. The Balaban J connectivity index is 1.41. The molecule has 1 saturated carbocycles. The van der Waals surface area contributed by atoms with Crippen LogP contribution in [-0.4, -0.2) is 41.4 Å². The van der Waals surface area contributed by atoms with E-state index in [1.165, 1.54) is 29.3 Å². The third kappa shape index (κ3) is 7.07. The summed E-state index contributed by atoms with van der Waals surface area (Å²) in [5.74, 6) is 0.856. The molecule has 2 aromatic rings. The largest absolute Gasteiger partial charge is 0.543 e. The van der Waals surface area contributed by atoms with E-state index in [-0.39, 0.29) is 27.0 Å². The summed E-state index contributed by atoms with van der Waals surface area (Å²) in [6, 6.07) is 11.9. The number of esters is 2. The number of ether oxygens (including phenoxy) is 2. The molecule has 0 aromatic heterocycles. The minimum Gasteiger partial charge on any atom is -0.543 e. The molecule has 2 N–H and O–H groups in total. The number of hydrogen-bond donors (Lipinski definition) is 1. The summed E-state index contributed by atoms with van der Waals surface area (Å²) in [6.45, 7) is 17.2. The molecule has 2 aliphatic carbocycles. The summed E-state index contributed by atoms with van der Waals surface area (Å²) >= 11 is 0. The van der Waals surface area contributed by atoms with Crippen LogP contribution < -0.4 is 9.56 Å². The second-order valence-corrected chi connectivity index (χ2v) is 20.7. The van der Waals surface area contributed by atoms with Crippen LogP contribution in [0.2, 0.25) is 18.1 Å². The van der Waals surface area contributed by atoms with Crippen molar-refractivity contribution in [2.45, 2.75) is 109 Å². The SMILES string of the molecule is CCC1C2CCc3cc(O[Si](C)(C)C(C)(C)C)ccc3C2CC[C@]1(C)[C@H](C)OC(=O)COC(=O)c1cccc(S(N)(=O)=O)c1. The first-order chi connectivity index (χ1) is 20.4. The molecule has 0 amide bonds. The standard InChI is InChI=1S/C34H49NO7SSi/c1-9-30-29-15-13-23-19-25(42-44(7,8)33(3,4)5)14-16-27(23)28(29)17-18-34(30,6)22(2)41-31(36)21-40-32(37)24-11-10-12-26(20-24)43(35,38)39/h10-12,14,16,19-20,22,28-30H,9,13,15,17-18,21H2,1-8H3,(H2,35,38,39)/t22-,28?,29?,30?,34+/m0/s1. The van der Waals surface area contributed by atoms with Crippen molar-refractivity contribution in [1.82, 2.24) is 0 Å². The Bertz CT molecular complexity index is 1500. The molecule has 0 heterocycles. The van der Waals surface area contributed by atoms with Crippen molar-refractivity contribution < 1.29 is 31.9 Å². The highest BCUT2D eigenvalue weighted by atomic mass is 32.2. The van der Waals surface area contributed by atoms with Gasteiger partial charge in [-0.2, -0.15) is 0 Å². The number of benzene rings is 2. The summed E-state index contributed by atoms with van der Waals surface area (Å²) < 4.78 is 40.9. The first kappa shape index (κ1) is 34.2. The van der Waals surface area contributed by atoms with Crippen molar-refractivity contribution in [3.05, 3.63) is 59.2 Å². The summed E-state index contributed by atoms with van der Waals surface area (Å²) in [6.07, 6.45) is 4.65. The molecule has 10 heteroatoms. The van der Waals surface area contributed by atoms with E-state index in [0.717, 1.165) is 43.9 Å². The van der Waals surface area contributed by atoms with Gasteiger partial charge in [0.2, 0.25) is 18.3 Å². The van der Waals surface area contributed by atoms with E-state index in [2.05, 4.69) is 65.9 Å². The van der Waals surface area contributed by atoms with Crippen molar-refractivity contribution in [3.63, 3.8) is 0 Å². The molecule has 4 rings (SSSR count). The van der Waals surface area contributed by atoms with Crippen LogP contribution in [0.3, 0.4) is 0 Å². The van der Waals surface area contributed by atoms with E-state index in [4.69, 9.17) is 19.0 Å². The van der Waals surface area contributed by atoms with Gasteiger partial charge in [0, 0.05) is 5.41 Å². The third-order valence-corrected chi connectivity index (χ3v) is 16.0. The Morgan fingerprint density at radius 3 is 2.45 bits per heavy atom. The van der Waals surface area contributed by atoms with Crippen LogP contribution in [0.5, 0.6) is 5.75 Å². The number of aryl methyl sites for hydroxylation is 1. The second-order valence-electron chi connectivity index (χ2n) is 14.4. The lowest BCUT2D eigenvalue weighted by atomic mass is 9.52. The number of carbonyl (C=O) groups is 2. The predicted octanol–water partition coefficient (Wildman–Crippen LogP) is 6.98. The molecular weight excluding hydrogens is 595 g/mol. The van der Waals surface area contributed by atoms with Crippen LogP contribution in [0.15, 0.2) is 47.4 Å². The maximum absolute atomic E-state index is 12.8. The number of nitrogens with two attached hydrogens (primary N) is 1. The molecule has 0 radical (unpaired) electrons.